The minimum atomic E-state index is -0.00902. The molecule has 7 heteroatoms. The largest absolute Gasteiger partial charge is 0.504 e. The second kappa shape index (κ2) is 12.0. The van der Waals surface area contributed by atoms with Crippen molar-refractivity contribution in [2.45, 2.75) is 26.2 Å². The monoisotopic (exact) mass is 793 g/mol. The Morgan fingerprint density at radius 1 is 0.766 bits per heavy atom. The van der Waals surface area contributed by atoms with Crippen LogP contribution in [0.15, 0.2) is 116 Å². The average molecular weight is 794 g/mol. The molecule has 4 aromatic carbocycles. The molecule has 0 amide bonds. The molecule has 3 aromatic heterocycles. The zero-order valence-electron chi connectivity index (χ0n) is 26.5. The average Bonchev–Trinajstić information content (AvgIpc) is 3.59. The van der Waals surface area contributed by atoms with Crippen molar-refractivity contribution < 1.29 is 25.8 Å². The molecule has 4 heterocycles. The number of nitrogens with zero attached hydrogens (tertiary/aromatic N) is 5. The van der Waals surface area contributed by atoms with E-state index in [-0.39, 0.29) is 26.5 Å². The first-order valence-corrected chi connectivity index (χ1v) is 15.4. The quantitative estimate of drug-likeness (QED) is 0.163. The summed E-state index contributed by atoms with van der Waals surface area (Å²) in [6.45, 7) is 8.72. The van der Waals surface area contributed by atoms with E-state index in [1.54, 1.807) is 6.20 Å². The van der Waals surface area contributed by atoms with Crippen LogP contribution in [0.3, 0.4) is 0 Å². The van der Waals surface area contributed by atoms with Crippen LogP contribution in [0.1, 0.15) is 26.3 Å². The number of ether oxygens (including phenoxy) is 1. The van der Waals surface area contributed by atoms with Crippen LogP contribution in [0.25, 0.3) is 38.8 Å². The van der Waals surface area contributed by atoms with Crippen LogP contribution in [0.5, 0.6) is 11.6 Å². The van der Waals surface area contributed by atoms with Gasteiger partial charge in [0, 0.05) is 55.5 Å². The third-order valence-electron chi connectivity index (χ3n) is 8.53. The van der Waals surface area contributed by atoms with Crippen LogP contribution in [-0.4, -0.2) is 21.6 Å². The number of rotatable bonds is 5. The summed E-state index contributed by atoms with van der Waals surface area (Å²) in [5.74, 6) is 1.77. The molecule has 0 saturated carbocycles. The summed E-state index contributed by atoms with van der Waals surface area (Å²) in [6, 6.07) is 42.4. The van der Waals surface area contributed by atoms with Gasteiger partial charge in [0.1, 0.15) is 11.7 Å². The number of anilines is 3. The molecular formula is C40H32N5OPt-3. The second-order valence-electron chi connectivity index (χ2n) is 12.6. The van der Waals surface area contributed by atoms with Crippen LogP contribution in [0.4, 0.5) is 17.1 Å². The van der Waals surface area contributed by atoms with Crippen molar-refractivity contribution in [3.05, 3.63) is 140 Å². The summed E-state index contributed by atoms with van der Waals surface area (Å²) >= 11 is 0. The fourth-order valence-electron chi connectivity index (χ4n) is 6.23. The molecule has 0 atom stereocenters. The van der Waals surface area contributed by atoms with Gasteiger partial charge in [0.25, 0.3) is 0 Å². The number of hydrogen-bond acceptors (Lipinski definition) is 5. The third kappa shape index (κ3) is 5.47. The first-order valence-electron chi connectivity index (χ1n) is 15.4. The fraction of sp³-hybridized carbons (Fsp3) is 0.125. The Hall–Kier alpha value is -4.93. The van der Waals surface area contributed by atoms with Crippen molar-refractivity contribution in [2.75, 3.05) is 16.8 Å². The Labute approximate surface area is 289 Å². The van der Waals surface area contributed by atoms with Gasteiger partial charge < -0.3 is 19.1 Å². The summed E-state index contributed by atoms with van der Waals surface area (Å²) in [5.41, 5.74) is 8.50. The smallest absolute Gasteiger partial charge is 0.135 e. The molecule has 0 spiro atoms. The predicted molar refractivity (Wildman–Crippen MR) is 186 cm³/mol. The van der Waals surface area contributed by atoms with Crippen molar-refractivity contribution in [3.63, 3.8) is 0 Å². The van der Waals surface area contributed by atoms with E-state index < -0.39 is 0 Å². The van der Waals surface area contributed by atoms with Gasteiger partial charge in [0.05, 0.1) is 0 Å². The maximum atomic E-state index is 6.37. The van der Waals surface area contributed by atoms with Gasteiger partial charge in [-0.2, -0.15) is 30.6 Å². The topological polar surface area (TPSA) is 46.4 Å². The number of fused-ring (bicyclic) bond motifs is 4. The van der Waals surface area contributed by atoms with Crippen molar-refractivity contribution in [1.29, 1.82) is 0 Å². The molecule has 1 aliphatic rings. The molecule has 0 saturated heterocycles. The summed E-state index contributed by atoms with van der Waals surface area (Å²) in [5, 5.41) is 2.22. The van der Waals surface area contributed by atoms with Crippen LogP contribution >= 0.6 is 0 Å². The minimum absolute atomic E-state index is 0. The normalized spacial score (nSPS) is 12.8. The minimum Gasteiger partial charge on any atom is -0.504 e. The van der Waals surface area contributed by atoms with Crippen LogP contribution in [-0.2, 0) is 26.5 Å². The summed E-state index contributed by atoms with van der Waals surface area (Å²) < 4.78 is 8.54. The van der Waals surface area contributed by atoms with Crippen molar-refractivity contribution in [3.8, 4) is 28.6 Å². The number of para-hydroxylation sites is 2. The van der Waals surface area contributed by atoms with Gasteiger partial charge in [-0.15, -0.1) is 17.5 Å². The molecule has 0 unspecified atom stereocenters. The Balaban J connectivity index is 0.00000351. The maximum Gasteiger partial charge on any atom is 0.135 e. The standard InChI is InChI=1S/C40H32N5O.Pt/c1-40(2,3)28-19-21-41-37(23-28)45-34-15-9-8-13-32(34)33-18-17-30(25-36(33)45)46-38-24-29(20-22-42-38)44-26-43(4)35-16-10-14-31(39(35)44)27-11-6-5-7-12-27;/h5-23,26H,1-4H3;/q-3;. The van der Waals surface area contributed by atoms with E-state index in [4.69, 9.17) is 9.72 Å². The zero-order valence-corrected chi connectivity index (χ0v) is 28.8. The van der Waals surface area contributed by atoms with Gasteiger partial charge in [-0.25, -0.2) is 4.98 Å². The fourth-order valence-corrected chi connectivity index (χ4v) is 6.23. The molecule has 7 aromatic rings. The molecule has 8 rings (SSSR count). The van der Waals surface area contributed by atoms with Gasteiger partial charge >= 0.3 is 0 Å². The molecule has 0 bridgehead atoms. The van der Waals surface area contributed by atoms with E-state index >= 15 is 0 Å². The van der Waals surface area contributed by atoms with Crippen molar-refractivity contribution in [1.82, 2.24) is 14.5 Å². The Morgan fingerprint density at radius 3 is 2.38 bits per heavy atom. The van der Waals surface area contributed by atoms with E-state index in [2.05, 4.69) is 151 Å². The molecule has 0 aliphatic carbocycles. The van der Waals surface area contributed by atoms with E-state index in [9.17, 15) is 0 Å². The van der Waals surface area contributed by atoms with Crippen molar-refractivity contribution >= 4 is 38.9 Å². The van der Waals surface area contributed by atoms with Gasteiger partial charge in [-0.05, 0) is 59.4 Å². The third-order valence-corrected chi connectivity index (χ3v) is 8.53. The van der Waals surface area contributed by atoms with E-state index in [0.29, 0.717) is 11.6 Å². The first-order chi connectivity index (χ1) is 22.3. The Morgan fingerprint density at radius 2 is 1.55 bits per heavy atom. The van der Waals surface area contributed by atoms with Crippen LogP contribution < -0.4 is 14.5 Å². The Kier molecular flexibility index (Phi) is 7.85. The van der Waals surface area contributed by atoms with Crippen molar-refractivity contribution in [2.24, 2.45) is 0 Å². The Bertz CT molecular complexity index is 2240. The number of hydrogen-bond donors (Lipinski definition) is 0. The molecule has 0 fully saturated rings. The molecule has 0 N–H and O–H groups in total. The van der Waals surface area contributed by atoms with Gasteiger partial charge in [0.15, 0.2) is 0 Å². The molecule has 6 nitrogen and oxygen atoms in total. The summed E-state index contributed by atoms with van der Waals surface area (Å²) in [7, 11) is 2.06. The summed E-state index contributed by atoms with van der Waals surface area (Å²) in [4.78, 5) is 13.6. The van der Waals surface area contributed by atoms with E-state index in [1.165, 1.54) is 5.56 Å². The number of aromatic nitrogens is 3. The molecule has 236 valence electrons. The SMILES string of the molecule is CN1[CH-]N(c2[c-]c(Oc3[c-]c4c(cc3)c3ccccc3n4-c3cc(C(C)(C)C)ccn3)ncc2)c2c(-c3ccccc3)cccc21.[Pt]. The summed E-state index contributed by atoms with van der Waals surface area (Å²) in [6.07, 6.45) is 3.64. The first kappa shape index (κ1) is 30.7. The molecule has 1 aliphatic heterocycles. The number of pyridine rings is 2. The predicted octanol–water partition coefficient (Wildman–Crippen LogP) is 9.64. The zero-order chi connectivity index (χ0) is 31.4. The maximum absolute atomic E-state index is 6.37. The van der Waals surface area contributed by atoms with E-state index in [0.717, 1.165) is 55.8 Å². The van der Waals surface area contributed by atoms with Crippen LogP contribution in [0, 0.1) is 18.8 Å². The molecular weight excluding hydrogens is 762 g/mol. The van der Waals surface area contributed by atoms with Gasteiger partial charge in [0.2, 0.25) is 0 Å². The molecule has 47 heavy (non-hydrogen) atoms. The second-order valence-corrected chi connectivity index (χ2v) is 12.6. The van der Waals surface area contributed by atoms with Crippen LogP contribution in [0.2, 0.25) is 0 Å². The van der Waals surface area contributed by atoms with E-state index in [1.807, 2.05) is 24.4 Å². The number of benzene rings is 4. The molecule has 0 radical (unpaired) electrons. The van der Waals surface area contributed by atoms with Gasteiger partial charge in [-0.1, -0.05) is 87.0 Å². The van der Waals surface area contributed by atoms with Gasteiger partial charge in [-0.3, -0.25) is 4.98 Å².